The van der Waals surface area contributed by atoms with Crippen LogP contribution in [0.15, 0.2) is 0 Å². The van der Waals surface area contributed by atoms with Crippen molar-refractivity contribution in [1.82, 2.24) is 10.2 Å². The van der Waals surface area contributed by atoms with E-state index in [0.29, 0.717) is 11.5 Å². The zero-order valence-electron chi connectivity index (χ0n) is 13.7. The molecule has 114 valence electrons. The average Bonchev–Trinajstić information content (AvgIpc) is 2.37. The Balaban J connectivity index is 2.51. The molecule has 0 amide bonds. The summed E-state index contributed by atoms with van der Waals surface area (Å²) in [6.45, 7) is 14.2. The zero-order valence-corrected chi connectivity index (χ0v) is 13.7. The molecular formula is C16H34N2O. The van der Waals surface area contributed by atoms with Gasteiger partial charge in [-0.2, -0.15) is 0 Å². The molecule has 0 bridgehead atoms. The molecule has 1 aliphatic rings. The van der Waals surface area contributed by atoms with Gasteiger partial charge in [0.05, 0.1) is 6.61 Å². The van der Waals surface area contributed by atoms with E-state index in [9.17, 15) is 0 Å². The van der Waals surface area contributed by atoms with Crippen molar-refractivity contribution >= 4 is 0 Å². The third-order valence-electron chi connectivity index (χ3n) is 4.72. The van der Waals surface area contributed by atoms with Crippen LogP contribution >= 0.6 is 0 Å². The van der Waals surface area contributed by atoms with E-state index in [-0.39, 0.29) is 0 Å². The van der Waals surface area contributed by atoms with Gasteiger partial charge in [-0.15, -0.1) is 0 Å². The second-order valence-electron chi connectivity index (χ2n) is 6.50. The van der Waals surface area contributed by atoms with E-state index in [1.54, 1.807) is 0 Å². The van der Waals surface area contributed by atoms with Crippen LogP contribution in [0.5, 0.6) is 0 Å². The fourth-order valence-corrected chi connectivity index (χ4v) is 3.65. The lowest BCUT2D eigenvalue weighted by atomic mass is 9.68. The van der Waals surface area contributed by atoms with Gasteiger partial charge < -0.3 is 15.0 Å². The van der Waals surface area contributed by atoms with Crippen LogP contribution < -0.4 is 5.32 Å². The fraction of sp³-hybridized carbons (Fsp3) is 1.00. The van der Waals surface area contributed by atoms with Crippen LogP contribution in [0.4, 0.5) is 0 Å². The topological polar surface area (TPSA) is 24.5 Å². The third kappa shape index (κ3) is 5.05. The van der Waals surface area contributed by atoms with Crippen LogP contribution in [-0.2, 0) is 4.74 Å². The molecule has 0 spiro atoms. The summed E-state index contributed by atoms with van der Waals surface area (Å²) in [6, 6.07) is 0.641. The summed E-state index contributed by atoms with van der Waals surface area (Å²) in [5.41, 5.74) is 0.428. The molecule has 0 aromatic heterocycles. The van der Waals surface area contributed by atoms with E-state index in [0.717, 1.165) is 32.2 Å². The molecule has 3 nitrogen and oxygen atoms in total. The van der Waals surface area contributed by atoms with Gasteiger partial charge in [0, 0.05) is 25.7 Å². The number of nitrogens with zero attached hydrogens (tertiary/aromatic N) is 1. The van der Waals surface area contributed by atoms with E-state index >= 15 is 0 Å². The summed E-state index contributed by atoms with van der Waals surface area (Å²) in [6.07, 6.45) is 4.08. The molecule has 0 radical (unpaired) electrons. The summed E-state index contributed by atoms with van der Waals surface area (Å²) in [4.78, 5) is 2.55. The highest BCUT2D eigenvalue weighted by molar-refractivity contribution is 4.93. The van der Waals surface area contributed by atoms with Crippen LogP contribution in [0.25, 0.3) is 0 Å². The normalized spacial score (nSPS) is 26.8. The van der Waals surface area contributed by atoms with Crippen molar-refractivity contribution in [2.24, 2.45) is 11.3 Å². The zero-order chi connectivity index (χ0) is 14.3. The lowest BCUT2D eigenvalue weighted by Crippen LogP contribution is -2.52. The molecule has 1 fully saturated rings. The van der Waals surface area contributed by atoms with E-state index in [1.807, 2.05) is 0 Å². The standard InChI is InChI=1S/C16H34N2O/c1-6-18(11-12-19-7-2)13-14-9-8-10-16(3,4)15(14)17-5/h14-15,17H,6-13H2,1-5H3. The van der Waals surface area contributed by atoms with E-state index in [1.165, 1.54) is 25.8 Å². The van der Waals surface area contributed by atoms with Gasteiger partial charge >= 0.3 is 0 Å². The first-order valence-corrected chi connectivity index (χ1v) is 8.02. The largest absolute Gasteiger partial charge is 0.380 e. The Morgan fingerprint density at radius 2 is 2.05 bits per heavy atom. The molecule has 19 heavy (non-hydrogen) atoms. The molecular weight excluding hydrogens is 236 g/mol. The SMILES string of the molecule is CCOCCN(CC)CC1CCCC(C)(C)C1NC. The Morgan fingerprint density at radius 1 is 1.32 bits per heavy atom. The maximum Gasteiger partial charge on any atom is 0.0593 e. The van der Waals surface area contributed by atoms with Crippen molar-refractivity contribution in [2.75, 3.05) is 39.9 Å². The minimum atomic E-state index is 0.428. The first kappa shape index (κ1) is 16.9. The van der Waals surface area contributed by atoms with Crippen LogP contribution in [0.3, 0.4) is 0 Å². The van der Waals surface area contributed by atoms with E-state index in [2.05, 4.69) is 45.0 Å². The van der Waals surface area contributed by atoms with Crippen molar-refractivity contribution in [3.05, 3.63) is 0 Å². The minimum Gasteiger partial charge on any atom is -0.380 e. The summed E-state index contributed by atoms with van der Waals surface area (Å²) in [5, 5.41) is 3.58. The molecule has 1 saturated carbocycles. The van der Waals surface area contributed by atoms with Gasteiger partial charge in [0.25, 0.3) is 0 Å². The number of hydrogen-bond acceptors (Lipinski definition) is 3. The van der Waals surface area contributed by atoms with Crippen LogP contribution in [-0.4, -0.2) is 50.8 Å². The molecule has 1 rings (SSSR count). The average molecular weight is 270 g/mol. The first-order valence-electron chi connectivity index (χ1n) is 8.02. The number of ether oxygens (including phenoxy) is 1. The summed E-state index contributed by atoms with van der Waals surface area (Å²) < 4.78 is 5.49. The quantitative estimate of drug-likeness (QED) is 0.686. The van der Waals surface area contributed by atoms with Crippen LogP contribution in [0, 0.1) is 11.3 Å². The monoisotopic (exact) mass is 270 g/mol. The lowest BCUT2D eigenvalue weighted by molar-refractivity contribution is 0.0669. The van der Waals surface area contributed by atoms with Gasteiger partial charge in [-0.1, -0.05) is 27.2 Å². The van der Waals surface area contributed by atoms with Gasteiger partial charge in [-0.25, -0.2) is 0 Å². The Kier molecular flexibility index (Phi) is 7.33. The minimum absolute atomic E-state index is 0.428. The highest BCUT2D eigenvalue weighted by Gasteiger charge is 2.38. The van der Waals surface area contributed by atoms with Gasteiger partial charge in [0.1, 0.15) is 0 Å². The molecule has 0 saturated heterocycles. The van der Waals surface area contributed by atoms with Gasteiger partial charge in [0.2, 0.25) is 0 Å². The van der Waals surface area contributed by atoms with Crippen molar-refractivity contribution in [3.63, 3.8) is 0 Å². The second kappa shape index (κ2) is 8.23. The van der Waals surface area contributed by atoms with E-state index < -0.39 is 0 Å². The molecule has 2 unspecified atom stereocenters. The van der Waals surface area contributed by atoms with Crippen LogP contribution in [0.2, 0.25) is 0 Å². The molecule has 0 heterocycles. The summed E-state index contributed by atoms with van der Waals surface area (Å²) in [5.74, 6) is 0.773. The predicted molar refractivity (Wildman–Crippen MR) is 82.6 cm³/mol. The van der Waals surface area contributed by atoms with Crippen molar-refractivity contribution in [2.45, 2.75) is 53.0 Å². The Bertz CT molecular complexity index is 243. The van der Waals surface area contributed by atoms with Gasteiger partial charge in [0.15, 0.2) is 0 Å². The van der Waals surface area contributed by atoms with Crippen molar-refractivity contribution in [1.29, 1.82) is 0 Å². The summed E-state index contributed by atoms with van der Waals surface area (Å²) in [7, 11) is 2.13. The number of hydrogen-bond donors (Lipinski definition) is 1. The lowest BCUT2D eigenvalue weighted by Gasteiger charge is -2.45. The first-order chi connectivity index (χ1) is 9.05. The molecule has 1 aliphatic carbocycles. The highest BCUT2D eigenvalue weighted by atomic mass is 16.5. The molecule has 1 N–H and O–H groups in total. The van der Waals surface area contributed by atoms with E-state index in [4.69, 9.17) is 4.74 Å². The number of likely N-dealkylation sites (N-methyl/N-ethyl adjacent to an activating group) is 1. The number of rotatable bonds is 8. The molecule has 2 atom stereocenters. The smallest absolute Gasteiger partial charge is 0.0593 e. The summed E-state index contributed by atoms with van der Waals surface area (Å²) >= 11 is 0. The Morgan fingerprint density at radius 3 is 2.63 bits per heavy atom. The van der Waals surface area contributed by atoms with Gasteiger partial charge in [-0.3, -0.25) is 0 Å². The number of nitrogens with one attached hydrogen (secondary N) is 1. The molecule has 0 aliphatic heterocycles. The van der Waals surface area contributed by atoms with Crippen molar-refractivity contribution in [3.8, 4) is 0 Å². The second-order valence-corrected chi connectivity index (χ2v) is 6.50. The molecule has 0 aromatic rings. The fourth-order valence-electron chi connectivity index (χ4n) is 3.65. The highest BCUT2D eigenvalue weighted by Crippen LogP contribution is 2.39. The van der Waals surface area contributed by atoms with Crippen molar-refractivity contribution < 1.29 is 4.74 Å². The van der Waals surface area contributed by atoms with Gasteiger partial charge in [-0.05, 0) is 44.7 Å². The maximum atomic E-state index is 5.49. The predicted octanol–water partition coefficient (Wildman–Crippen LogP) is 2.76. The van der Waals surface area contributed by atoms with Crippen LogP contribution in [0.1, 0.15) is 47.0 Å². The third-order valence-corrected chi connectivity index (χ3v) is 4.72. The molecule has 3 heteroatoms. The Labute approximate surface area is 120 Å². The molecule has 0 aromatic carbocycles. The Hall–Kier alpha value is -0.120. The maximum absolute atomic E-state index is 5.49.